The second-order valence-electron chi connectivity index (χ2n) is 7.21. The largest absolute Gasteiger partial charge is 0.491 e. The first kappa shape index (κ1) is 23.4. The SMILES string of the molecule is Cc1cc([SH](c2ccccc2)c2ccccc2)cc(C)c1OCCOCCOCCO. The maximum atomic E-state index is 8.68. The van der Waals surface area contributed by atoms with Gasteiger partial charge in [-0.15, -0.1) is 0 Å². The fraction of sp³-hybridized carbons (Fsp3) is 0.308. The van der Waals surface area contributed by atoms with Gasteiger partial charge in [0.2, 0.25) is 0 Å². The normalized spacial score (nSPS) is 11.4. The predicted molar refractivity (Wildman–Crippen MR) is 127 cm³/mol. The van der Waals surface area contributed by atoms with Gasteiger partial charge in [-0.25, -0.2) is 0 Å². The molecule has 3 aromatic rings. The number of aliphatic hydroxyl groups excluding tert-OH is 1. The van der Waals surface area contributed by atoms with Gasteiger partial charge >= 0.3 is 0 Å². The first-order valence-electron chi connectivity index (χ1n) is 10.6. The lowest BCUT2D eigenvalue weighted by atomic mass is 10.1. The number of hydrogen-bond donors (Lipinski definition) is 2. The summed E-state index contributed by atoms with van der Waals surface area (Å²) in [7, 11) is -0.629. The molecule has 0 bridgehead atoms. The van der Waals surface area contributed by atoms with Crippen molar-refractivity contribution < 1.29 is 19.3 Å². The number of aliphatic hydroxyl groups is 1. The van der Waals surface area contributed by atoms with Crippen molar-refractivity contribution in [2.45, 2.75) is 28.5 Å². The summed E-state index contributed by atoms with van der Waals surface area (Å²) in [6.45, 7) is 6.58. The van der Waals surface area contributed by atoms with Crippen molar-refractivity contribution in [3.63, 3.8) is 0 Å². The molecule has 0 aliphatic heterocycles. The van der Waals surface area contributed by atoms with E-state index in [1.807, 2.05) is 0 Å². The van der Waals surface area contributed by atoms with E-state index in [2.05, 4.69) is 86.6 Å². The summed E-state index contributed by atoms with van der Waals surface area (Å²) >= 11 is 0. The van der Waals surface area contributed by atoms with Gasteiger partial charge in [0.1, 0.15) is 12.4 Å². The van der Waals surface area contributed by atoms with E-state index in [1.54, 1.807) is 0 Å². The molecule has 0 amide bonds. The first-order valence-corrected chi connectivity index (χ1v) is 12.0. The Morgan fingerprint density at radius 2 is 1.13 bits per heavy atom. The van der Waals surface area contributed by atoms with Crippen molar-refractivity contribution in [1.82, 2.24) is 0 Å². The quantitative estimate of drug-likeness (QED) is 0.301. The zero-order chi connectivity index (χ0) is 21.9. The molecule has 4 nitrogen and oxygen atoms in total. The topological polar surface area (TPSA) is 47.9 Å². The molecule has 0 unspecified atom stereocenters. The predicted octanol–water partition coefficient (Wildman–Crippen LogP) is 5.19. The average Bonchev–Trinajstić information content (AvgIpc) is 2.79. The molecule has 3 aromatic carbocycles. The highest BCUT2D eigenvalue weighted by atomic mass is 32.2. The van der Waals surface area contributed by atoms with Gasteiger partial charge in [0.15, 0.2) is 0 Å². The number of hydrogen-bond acceptors (Lipinski definition) is 4. The second kappa shape index (κ2) is 12.5. The zero-order valence-corrected chi connectivity index (χ0v) is 19.2. The fourth-order valence-corrected chi connectivity index (χ4v) is 5.96. The van der Waals surface area contributed by atoms with Crippen molar-refractivity contribution in [2.24, 2.45) is 0 Å². The minimum absolute atomic E-state index is 0.0361. The van der Waals surface area contributed by atoms with Crippen LogP contribution in [-0.2, 0) is 9.47 Å². The van der Waals surface area contributed by atoms with E-state index in [1.165, 1.54) is 14.7 Å². The molecular weight excluding hydrogens is 408 g/mol. The molecule has 0 aromatic heterocycles. The maximum Gasteiger partial charge on any atom is 0.125 e. The molecule has 166 valence electrons. The third-order valence-corrected chi connectivity index (χ3v) is 7.22. The average molecular weight is 441 g/mol. The van der Waals surface area contributed by atoms with Crippen LogP contribution in [0.4, 0.5) is 0 Å². The van der Waals surface area contributed by atoms with Gasteiger partial charge in [0.05, 0.1) is 33.0 Å². The maximum absolute atomic E-state index is 8.68. The Hall–Kier alpha value is -2.31. The summed E-state index contributed by atoms with van der Waals surface area (Å²) in [4.78, 5) is 4.01. The van der Waals surface area contributed by atoms with Gasteiger partial charge in [-0.2, -0.15) is 10.9 Å². The minimum Gasteiger partial charge on any atom is -0.491 e. The van der Waals surface area contributed by atoms with Crippen molar-refractivity contribution in [1.29, 1.82) is 0 Å². The van der Waals surface area contributed by atoms with Crippen LogP contribution < -0.4 is 4.74 Å². The Morgan fingerprint density at radius 1 is 0.645 bits per heavy atom. The summed E-state index contributed by atoms with van der Waals surface area (Å²) in [6, 6.07) is 26.0. The minimum atomic E-state index is -0.629. The number of thiol groups is 1. The van der Waals surface area contributed by atoms with E-state index in [4.69, 9.17) is 19.3 Å². The highest BCUT2D eigenvalue weighted by Gasteiger charge is 2.15. The van der Waals surface area contributed by atoms with E-state index in [0.29, 0.717) is 33.0 Å². The smallest absolute Gasteiger partial charge is 0.125 e. The molecular formula is C26H32O4S. The van der Waals surface area contributed by atoms with Gasteiger partial charge in [0, 0.05) is 0 Å². The molecule has 0 aliphatic rings. The molecule has 0 saturated carbocycles. The van der Waals surface area contributed by atoms with E-state index < -0.39 is 10.9 Å². The van der Waals surface area contributed by atoms with Crippen LogP contribution in [0.15, 0.2) is 87.5 Å². The summed E-state index contributed by atoms with van der Waals surface area (Å²) < 4.78 is 16.8. The van der Waals surface area contributed by atoms with Gasteiger partial charge < -0.3 is 19.3 Å². The van der Waals surface area contributed by atoms with Crippen LogP contribution in [0.3, 0.4) is 0 Å². The standard InChI is InChI=1S/C26H32O4S/c1-21-19-25(20-22(2)26(21)30-18-17-29-16-15-28-14-13-27)31(23-9-5-3-6-10-23)24-11-7-4-8-12-24/h3-12,19-20,27,31H,13-18H2,1-2H3. The molecule has 0 heterocycles. The molecule has 0 aliphatic carbocycles. The first-order chi connectivity index (χ1) is 15.2. The zero-order valence-electron chi connectivity index (χ0n) is 18.3. The van der Waals surface area contributed by atoms with Crippen LogP contribution in [0.25, 0.3) is 0 Å². The van der Waals surface area contributed by atoms with Gasteiger partial charge in [0.25, 0.3) is 0 Å². The molecule has 0 spiro atoms. The lowest BCUT2D eigenvalue weighted by molar-refractivity contribution is 0.0246. The fourth-order valence-electron chi connectivity index (χ4n) is 3.47. The Kier molecular flexibility index (Phi) is 9.43. The van der Waals surface area contributed by atoms with E-state index in [9.17, 15) is 0 Å². The molecule has 0 radical (unpaired) electrons. The van der Waals surface area contributed by atoms with E-state index in [0.717, 1.165) is 16.9 Å². The lowest BCUT2D eigenvalue weighted by Gasteiger charge is -2.25. The van der Waals surface area contributed by atoms with Gasteiger partial charge in [-0.3, -0.25) is 0 Å². The van der Waals surface area contributed by atoms with E-state index >= 15 is 0 Å². The third-order valence-electron chi connectivity index (χ3n) is 4.81. The number of ether oxygens (including phenoxy) is 3. The van der Waals surface area contributed by atoms with Crippen LogP contribution in [-0.4, -0.2) is 44.7 Å². The lowest BCUT2D eigenvalue weighted by Crippen LogP contribution is -2.12. The van der Waals surface area contributed by atoms with Gasteiger partial charge in [-0.1, -0.05) is 36.4 Å². The van der Waals surface area contributed by atoms with Crippen LogP contribution in [0.5, 0.6) is 5.75 Å². The molecule has 0 atom stereocenters. The molecule has 5 heteroatoms. The summed E-state index contributed by atoms with van der Waals surface area (Å²) in [5.74, 6) is 0.931. The Morgan fingerprint density at radius 3 is 1.65 bits per heavy atom. The summed E-state index contributed by atoms with van der Waals surface area (Å²) in [5.41, 5.74) is 2.28. The molecule has 0 fully saturated rings. The summed E-state index contributed by atoms with van der Waals surface area (Å²) in [6.07, 6.45) is 0. The molecule has 0 saturated heterocycles. The number of aryl methyl sites for hydroxylation is 2. The van der Waals surface area contributed by atoms with Gasteiger partial charge in [-0.05, 0) is 76.1 Å². The summed E-state index contributed by atoms with van der Waals surface area (Å²) in [5, 5.41) is 8.68. The van der Waals surface area contributed by atoms with Crippen LogP contribution in [0, 0.1) is 13.8 Å². The van der Waals surface area contributed by atoms with Crippen LogP contribution in [0.1, 0.15) is 11.1 Å². The molecule has 3 rings (SSSR count). The molecule has 1 N–H and O–H groups in total. The Balaban J connectivity index is 1.70. The van der Waals surface area contributed by atoms with Crippen molar-refractivity contribution in [2.75, 3.05) is 39.6 Å². The number of benzene rings is 3. The third kappa shape index (κ3) is 6.84. The van der Waals surface area contributed by atoms with Crippen molar-refractivity contribution in [3.8, 4) is 5.75 Å². The highest BCUT2D eigenvalue weighted by Crippen LogP contribution is 2.52. The molecule has 31 heavy (non-hydrogen) atoms. The van der Waals surface area contributed by atoms with E-state index in [-0.39, 0.29) is 6.61 Å². The van der Waals surface area contributed by atoms with Crippen LogP contribution in [0.2, 0.25) is 0 Å². The Bertz CT molecular complexity index is 853. The second-order valence-corrected chi connectivity index (χ2v) is 9.43. The van der Waals surface area contributed by atoms with Crippen molar-refractivity contribution >= 4 is 10.9 Å². The Labute approximate surface area is 188 Å². The monoisotopic (exact) mass is 440 g/mol. The van der Waals surface area contributed by atoms with Crippen LogP contribution >= 0.6 is 10.9 Å². The van der Waals surface area contributed by atoms with Crippen molar-refractivity contribution in [3.05, 3.63) is 83.9 Å². The number of rotatable bonds is 12. The highest BCUT2D eigenvalue weighted by molar-refractivity contribution is 8.17.